The Hall–Kier alpha value is -4.95. The molecule has 1 N–H and O–H groups in total. The van der Waals surface area contributed by atoms with Crippen LogP contribution in [-0.2, 0) is 11.3 Å². The molecule has 0 bridgehead atoms. The van der Waals surface area contributed by atoms with E-state index in [1.165, 1.54) is 0 Å². The van der Waals surface area contributed by atoms with Crippen LogP contribution in [0.2, 0.25) is 0 Å². The van der Waals surface area contributed by atoms with Gasteiger partial charge in [0.1, 0.15) is 12.1 Å². The summed E-state index contributed by atoms with van der Waals surface area (Å²) < 4.78 is 5.50. The van der Waals surface area contributed by atoms with E-state index in [1.807, 2.05) is 59.8 Å². The molecule has 0 saturated heterocycles. The molecule has 0 aliphatic carbocycles. The molecule has 0 fully saturated rings. The van der Waals surface area contributed by atoms with E-state index >= 15 is 0 Å². The zero-order chi connectivity index (χ0) is 26.8. The Kier molecular flexibility index (Phi) is 6.52. The van der Waals surface area contributed by atoms with E-state index in [0.29, 0.717) is 34.6 Å². The number of methoxy groups -OCH3 is 1. The monoisotopic (exact) mass is 515 g/mol. The molecular formula is C31H25N5O3. The minimum absolute atomic E-state index is 0.127. The second-order valence-electron chi connectivity index (χ2n) is 9.26. The molecule has 3 aromatic carbocycles. The molecule has 2 aliphatic rings. The molecule has 6 rings (SSSR count). The Balaban J connectivity index is 1.26. The van der Waals surface area contributed by atoms with E-state index in [9.17, 15) is 9.59 Å². The maximum Gasteiger partial charge on any atom is 0.256 e. The summed E-state index contributed by atoms with van der Waals surface area (Å²) >= 11 is 0. The summed E-state index contributed by atoms with van der Waals surface area (Å²) in [6.07, 6.45) is 5.08. The van der Waals surface area contributed by atoms with Gasteiger partial charge in [-0.25, -0.2) is 0 Å². The van der Waals surface area contributed by atoms with E-state index < -0.39 is 0 Å². The van der Waals surface area contributed by atoms with E-state index in [0.717, 1.165) is 16.8 Å². The summed E-state index contributed by atoms with van der Waals surface area (Å²) in [6.45, 7) is 0.430. The first-order chi connectivity index (χ1) is 19.1. The van der Waals surface area contributed by atoms with Crippen molar-refractivity contribution < 1.29 is 14.3 Å². The first-order valence-electron chi connectivity index (χ1n) is 12.6. The highest BCUT2D eigenvalue weighted by Gasteiger charge is 2.33. The largest absolute Gasteiger partial charge is 0.373 e. The van der Waals surface area contributed by atoms with Gasteiger partial charge < -0.3 is 10.1 Å². The molecule has 2 aliphatic heterocycles. The van der Waals surface area contributed by atoms with Gasteiger partial charge >= 0.3 is 0 Å². The lowest BCUT2D eigenvalue weighted by Crippen LogP contribution is -2.37. The van der Waals surface area contributed by atoms with Crippen LogP contribution in [0.5, 0.6) is 0 Å². The fourth-order valence-corrected chi connectivity index (χ4v) is 4.91. The summed E-state index contributed by atoms with van der Waals surface area (Å²) in [6, 6.07) is 25.3. The molecule has 0 spiro atoms. The third-order valence-corrected chi connectivity index (χ3v) is 6.89. The van der Waals surface area contributed by atoms with Gasteiger partial charge in [0.05, 0.1) is 24.1 Å². The van der Waals surface area contributed by atoms with Gasteiger partial charge in [-0.15, -0.1) is 0 Å². The Morgan fingerprint density at radius 3 is 2.59 bits per heavy atom. The second-order valence-corrected chi connectivity index (χ2v) is 9.26. The summed E-state index contributed by atoms with van der Waals surface area (Å²) in [5.41, 5.74) is 5.00. The molecule has 0 radical (unpaired) electrons. The van der Waals surface area contributed by atoms with Gasteiger partial charge in [-0.1, -0.05) is 48.5 Å². The molecule has 39 heavy (non-hydrogen) atoms. The van der Waals surface area contributed by atoms with Gasteiger partial charge in [0, 0.05) is 53.0 Å². The summed E-state index contributed by atoms with van der Waals surface area (Å²) in [7, 11) is 1.64. The molecule has 1 aromatic heterocycles. The molecule has 0 saturated carbocycles. The topological polar surface area (TPSA) is 96.2 Å². The van der Waals surface area contributed by atoms with Crippen LogP contribution < -0.4 is 5.32 Å². The molecular weight excluding hydrogens is 490 g/mol. The summed E-state index contributed by atoms with van der Waals surface area (Å²) in [5.74, 6) is -0.439. The first-order valence-corrected chi connectivity index (χ1v) is 12.6. The number of hydrogen-bond donors (Lipinski definition) is 1. The highest BCUT2D eigenvalue weighted by molar-refractivity contribution is 6.12. The number of pyridine rings is 1. The third kappa shape index (κ3) is 4.73. The van der Waals surface area contributed by atoms with Crippen molar-refractivity contribution in [3.63, 3.8) is 0 Å². The summed E-state index contributed by atoms with van der Waals surface area (Å²) in [4.78, 5) is 36.0. The molecule has 2 atom stereocenters. The molecule has 8 nitrogen and oxygen atoms in total. The van der Waals surface area contributed by atoms with Crippen LogP contribution in [0.25, 0.3) is 11.3 Å². The number of carbonyl (C=O) groups excluding carboxylic acids is 2. The maximum atomic E-state index is 13.7. The van der Waals surface area contributed by atoms with Gasteiger partial charge in [-0.2, -0.15) is 5.10 Å². The van der Waals surface area contributed by atoms with Crippen LogP contribution in [0.4, 0.5) is 11.4 Å². The number of ketones is 1. The number of anilines is 1. The number of hydrazone groups is 1. The molecule has 192 valence electrons. The van der Waals surface area contributed by atoms with Gasteiger partial charge in [0.15, 0.2) is 5.78 Å². The normalized spacial score (nSPS) is 17.3. The zero-order valence-corrected chi connectivity index (χ0v) is 21.2. The number of nitrogens with one attached hydrogen (secondary N) is 1. The molecule has 1 amide bonds. The Morgan fingerprint density at radius 2 is 1.74 bits per heavy atom. The van der Waals surface area contributed by atoms with Crippen molar-refractivity contribution in [2.75, 3.05) is 12.4 Å². The lowest BCUT2D eigenvalue weighted by Gasteiger charge is -2.22. The fourth-order valence-electron chi connectivity index (χ4n) is 4.91. The number of benzene rings is 3. The smallest absolute Gasteiger partial charge is 0.256 e. The quantitative estimate of drug-likeness (QED) is 0.359. The van der Waals surface area contributed by atoms with Gasteiger partial charge in [0.25, 0.3) is 5.91 Å². The Labute approximate surface area is 225 Å². The van der Waals surface area contributed by atoms with Crippen LogP contribution in [0.15, 0.2) is 101 Å². The standard InChI is InChI=1S/C31H25N5O3/c1-39-29-18-34-36-19-25-23(12-7-14-27(25)33-17-28(29)36)30(37)20-8-6-9-21(16-20)35-31(38)24-11-3-2-10-22(24)26-13-4-5-15-32-26/h2-18,28-29H,19H2,1H3,(H,35,38). The van der Waals surface area contributed by atoms with Crippen LogP contribution in [0, 0.1) is 0 Å². The highest BCUT2D eigenvalue weighted by atomic mass is 16.5. The van der Waals surface area contributed by atoms with Gasteiger partial charge in [-0.05, 0) is 36.4 Å². The zero-order valence-electron chi connectivity index (χ0n) is 21.2. The fraction of sp³-hybridized carbons (Fsp3) is 0.129. The minimum Gasteiger partial charge on any atom is -0.373 e. The van der Waals surface area contributed by atoms with Crippen LogP contribution in [0.1, 0.15) is 31.8 Å². The maximum absolute atomic E-state index is 13.7. The van der Waals surface area contributed by atoms with Crippen LogP contribution in [-0.4, -0.2) is 53.4 Å². The predicted molar refractivity (Wildman–Crippen MR) is 151 cm³/mol. The van der Waals surface area contributed by atoms with E-state index in [2.05, 4.69) is 20.4 Å². The Bertz CT molecular complexity index is 1620. The van der Waals surface area contributed by atoms with Crippen molar-refractivity contribution in [3.05, 3.63) is 113 Å². The third-order valence-electron chi connectivity index (χ3n) is 6.89. The number of carbonyl (C=O) groups is 2. The van der Waals surface area contributed by atoms with Crippen LogP contribution in [0.3, 0.4) is 0 Å². The average Bonchev–Trinajstić information content (AvgIpc) is 3.27. The van der Waals surface area contributed by atoms with Crippen molar-refractivity contribution in [1.82, 2.24) is 9.99 Å². The lowest BCUT2D eigenvalue weighted by molar-refractivity contribution is 0.101. The average molecular weight is 516 g/mol. The number of ether oxygens (including phenoxy) is 1. The number of rotatable bonds is 6. The SMILES string of the molecule is COC1C=NN2Cc3c(cccc3C(=O)c3cccc(NC(=O)c4ccccc4-c4ccccn4)c3)N=CC12. The molecule has 8 heteroatoms. The molecule has 4 aromatic rings. The van der Waals surface area contributed by atoms with Crippen molar-refractivity contribution >= 4 is 35.5 Å². The van der Waals surface area contributed by atoms with E-state index in [1.54, 1.807) is 55.9 Å². The van der Waals surface area contributed by atoms with Gasteiger partial charge in [-0.3, -0.25) is 24.6 Å². The van der Waals surface area contributed by atoms with Crippen molar-refractivity contribution in [2.24, 2.45) is 10.1 Å². The van der Waals surface area contributed by atoms with Crippen LogP contribution >= 0.6 is 0 Å². The number of aromatic nitrogens is 1. The molecule has 2 unspecified atom stereocenters. The number of nitrogens with zero attached hydrogens (tertiary/aromatic N) is 4. The van der Waals surface area contributed by atoms with Crippen molar-refractivity contribution in [2.45, 2.75) is 18.7 Å². The number of aliphatic imine (C=N–C) groups is 1. The second kappa shape index (κ2) is 10.4. The first kappa shape index (κ1) is 24.4. The van der Waals surface area contributed by atoms with Gasteiger partial charge in [0.2, 0.25) is 0 Å². The molecule has 3 heterocycles. The minimum atomic E-state index is -0.283. The highest BCUT2D eigenvalue weighted by Crippen LogP contribution is 2.32. The number of hydrogen-bond acceptors (Lipinski definition) is 7. The van der Waals surface area contributed by atoms with Crippen molar-refractivity contribution in [3.8, 4) is 11.3 Å². The summed E-state index contributed by atoms with van der Waals surface area (Å²) in [5, 5.41) is 9.31. The Morgan fingerprint density at radius 1 is 0.923 bits per heavy atom. The number of amides is 1. The number of fused-ring (bicyclic) bond motifs is 2. The van der Waals surface area contributed by atoms with E-state index in [4.69, 9.17) is 4.74 Å². The predicted octanol–water partition coefficient (Wildman–Crippen LogP) is 5.13. The van der Waals surface area contributed by atoms with E-state index in [-0.39, 0.29) is 23.8 Å². The van der Waals surface area contributed by atoms with Crippen molar-refractivity contribution in [1.29, 1.82) is 0 Å². The lowest BCUT2D eigenvalue weighted by atomic mass is 9.96.